The third-order valence-corrected chi connectivity index (χ3v) is 5.73. The molecule has 0 aromatic heterocycles. The summed E-state index contributed by atoms with van der Waals surface area (Å²) in [5, 5.41) is 9.37. The largest absolute Gasteiger partial charge is 0.480 e. The number of carboxylic acids is 1. The Balaban J connectivity index is 3.65. The highest BCUT2D eigenvalue weighted by Gasteiger charge is 2.25. The van der Waals surface area contributed by atoms with Crippen LogP contribution in [0.25, 0.3) is 0 Å². The molecule has 3 N–H and O–H groups in total. The summed E-state index contributed by atoms with van der Waals surface area (Å²) in [5.74, 6) is -0.981. The van der Waals surface area contributed by atoms with E-state index in [4.69, 9.17) is 5.73 Å². The fourth-order valence-electron chi connectivity index (χ4n) is 3.66. The van der Waals surface area contributed by atoms with Gasteiger partial charge >= 0.3 is 5.97 Å². The van der Waals surface area contributed by atoms with E-state index in [2.05, 4.69) is 19.1 Å². The van der Waals surface area contributed by atoms with Gasteiger partial charge in [-0.05, 0) is 57.9 Å². The average molecular weight is 425 g/mol. The lowest BCUT2D eigenvalue weighted by Crippen LogP contribution is -2.42. The molecular formula is C25H48N2O3. The number of nitrogens with zero attached hydrogens (tertiary/aromatic N) is 1. The number of nitrogens with two attached hydrogens (primary N) is 1. The van der Waals surface area contributed by atoms with Crippen molar-refractivity contribution >= 4 is 11.9 Å². The van der Waals surface area contributed by atoms with Crippen LogP contribution in [0.3, 0.4) is 0 Å². The number of allylic oxidation sites excluding steroid dienone is 2. The molecule has 0 aliphatic heterocycles. The molecule has 0 rings (SSSR count). The fraction of sp³-hybridized carbons (Fsp3) is 0.840. The van der Waals surface area contributed by atoms with Crippen molar-refractivity contribution in [3.05, 3.63) is 12.2 Å². The van der Waals surface area contributed by atoms with Gasteiger partial charge in [-0.15, -0.1) is 0 Å². The number of unbranched alkanes of at least 4 members (excludes halogenated alkanes) is 12. The molecule has 0 fully saturated rings. The van der Waals surface area contributed by atoms with Gasteiger partial charge in [0.05, 0.1) is 0 Å². The van der Waals surface area contributed by atoms with Gasteiger partial charge in [0.2, 0.25) is 5.91 Å². The van der Waals surface area contributed by atoms with E-state index in [0.29, 0.717) is 19.4 Å². The maximum absolute atomic E-state index is 12.3. The Kier molecular flexibility index (Phi) is 19.9. The van der Waals surface area contributed by atoms with Gasteiger partial charge in [-0.25, -0.2) is 4.79 Å². The van der Waals surface area contributed by atoms with E-state index in [1.165, 1.54) is 69.1 Å². The van der Waals surface area contributed by atoms with Crippen LogP contribution in [0.15, 0.2) is 12.2 Å². The average Bonchev–Trinajstić information content (AvgIpc) is 2.73. The zero-order valence-electron chi connectivity index (χ0n) is 19.7. The molecule has 1 amide bonds. The summed E-state index contributed by atoms with van der Waals surface area (Å²) in [5.41, 5.74) is 5.47. The minimum atomic E-state index is -0.922. The van der Waals surface area contributed by atoms with Crippen LogP contribution >= 0.6 is 0 Å². The van der Waals surface area contributed by atoms with Crippen LogP contribution in [0.2, 0.25) is 0 Å². The molecular weight excluding hydrogens is 376 g/mol. The van der Waals surface area contributed by atoms with Gasteiger partial charge in [0, 0.05) is 13.5 Å². The lowest BCUT2D eigenvalue weighted by Gasteiger charge is -2.25. The second kappa shape index (κ2) is 20.9. The molecule has 1 unspecified atom stereocenters. The first-order valence-corrected chi connectivity index (χ1v) is 12.4. The van der Waals surface area contributed by atoms with Crippen molar-refractivity contribution in [3.63, 3.8) is 0 Å². The molecule has 0 heterocycles. The number of likely N-dealkylation sites (N-methyl/N-ethyl adjacent to an activating group) is 1. The molecule has 0 saturated carbocycles. The molecule has 30 heavy (non-hydrogen) atoms. The summed E-state index contributed by atoms with van der Waals surface area (Å²) in [7, 11) is 1.61. The molecule has 5 nitrogen and oxygen atoms in total. The van der Waals surface area contributed by atoms with Gasteiger partial charge in [0.25, 0.3) is 0 Å². The van der Waals surface area contributed by atoms with E-state index in [1.807, 2.05) is 0 Å². The van der Waals surface area contributed by atoms with Crippen LogP contribution in [0, 0.1) is 0 Å². The Morgan fingerprint density at radius 1 is 0.833 bits per heavy atom. The van der Waals surface area contributed by atoms with Crippen molar-refractivity contribution in [2.24, 2.45) is 5.73 Å². The highest BCUT2D eigenvalue weighted by atomic mass is 16.4. The van der Waals surface area contributed by atoms with Gasteiger partial charge in [-0.3, -0.25) is 4.79 Å². The number of hydrogen-bond acceptors (Lipinski definition) is 3. The van der Waals surface area contributed by atoms with Crippen molar-refractivity contribution in [3.8, 4) is 0 Å². The monoisotopic (exact) mass is 424 g/mol. The number of carbonyl (C=O) groups excluding carboxylic acids is 1. The lowest BCUT2D eigenvalue weighted by molar-refractivity contribution is -0.149. The van der Waals surface area contributed by atoms with Gasteiger partial charge in [0.1, 0.15) is 6.04 Å². The molecule has 0 aliphatic carbocycles. The molecule has 0 aromatic carbocycles. The summed E-state index contributed by atoms with van der Waals surface area (Å²) < 4.78 is 0. The third kappa shape index (κ3) is 16.4. The summed E-state index contributed by atoms with van der Waals surface area (Å²) in [4.78, 5) is 25.1. The lowest BCUT2D eigenvalue weighted by atomic mass is 10.1. The molecule has 5 heteroatoms. The van der Waals surface area contributed by atoms with Crippen molar-refractivity contribution in [1.82, 2.24) is 4.90 Å². The van der Waals surface area contributed by atoms with E-state index >= 15 is 0 Å². The Morgan fingerprint density at radius 2 is 1.37 bits per heavy atom. The standard InChI is InChI=1S/C25H48N2O3/c1-3-4-5-6-7-8-9-10-11-12-13-14-15-16-17-21-24(28)27(2)23(25(29)30)20-18-19-22-26/h8-9,23H,3-7,10-22,26H2,1-2H3,(H,29,30)/b9-8+. The van der Waals surface area contributed by atoms with Crippen molar-refractivity contribution in [2.75, 3.05) is 13.6 Å². The Labute approximate surface area is 185 Å². The first-order valence-electron chi connectivity index (χ1n) is 12.4. The Hall–Kier alpha value is -1.36. The van der Waals surface area contributed by atoms with Gasteiger partial charge in [0.15, 0.2) is 0 Å². The summed E-state index contributed by atoms with van der Waals surface area (Å²) in [6, 6.07) is -0.727. The Bertz CT molecular complexity index is 452. The number of carbonyl (C=O) groups is 2. The topological polar surface area (TPSA) is 83.6 Å². The van der Waals surface area contributed by atoms with Gasteiger partial charge < -0.3 is 15.7 Å². The predicted octanol–water partition coefficient (Wildman–Crippen LogP) is 6.06. The molecule has 0 aromatic rings. The Morgan fingerprint density at radius 3 is 1.90 bits per heavy atom. The summed E-state index contributed by atoms with van der Waals surface area (Å²) in [6.45, 7) is 2.80. The molecule has 0 saturated heterocycles. The van der Waals surface area contributed by atoms with Gasteiger partial charge in [-0.1, -0.05) is 70.4 Å². The van der Waals surface area contributed by atoms with E-state index in [1.54, 1.807) is 7.05 Å². The molecule has 0 radical (unpaired) electrons. The predicted molar refractivity (Wildman–Crippen MR) is 127 cm³/mol. The number of amides is 1. The fourth-order valence-corrected chi connectivity index (χ4v) is 3.66. The highest BCUT2D eigenvalue weighted by Crippen LogP contribution is 2.13. The third-order valence-electron chi connectivity index (χ3n) is 5.73. The molecule has 176 valence electrons. The first kappa shape index (κ1) is 28.6. The SMILES string of the molecule is CCCCCC/C=C/CCCCCCCCCC(=O)N(C)C(CCCCN)C(=O)O. The normalized spacial score (nSPS) is 12.4. The van der Waals surface area contributed by atoms with Crippen LogP contribution in [-0.4, -0.2) is 41.5 Å². The molecule has 0 bridgehead atoms. The van der Waals surface area contributed by atoms with Crippen molar-refractivity contribution < 1.29 is 14.7 Å². The van der Waals surface area contributed by atoms with Crippen LogP contribution in [0.4, 0.5) is 0 Å². The zero-order valence-corrected chi connectivity index (χ0v) is 19.7. The first-order chi connectivity index (χ1) is 14.5. The van der Waals surface area contributed by atoms with E-state index in [0.717, 1.165) is 32.1 Å². The summed E-state index contributed by atoms with van der Waals surface area (Å²) >= 11 is 0. The zero-order chi connectivity index (χ0) is 22.5. The number of carboxylic acid groups (broad SMARTS) is 1. The molecule has 0 aliphatic rings. The van der Waals surface area contributed by atoms with Crippen LogP contribution < -0.4 is 5.73 Å². The number of hydrogen-bond donors (Lipinski definition) is 2. The second-order valence-corrected chi connectivity index (χ2v) is 8.48. The van der Waals surface area contributed by atoms with Crippen LogP contribution in [0.1, 0.15) is 116 Å². The number of aliphatic carboxylic acids is 1. The number of rotatable bonds is 21. The van der Waals surface area contributed by atoms with Crippen molar-refractivity contribution in [1.29, 1.82) is 0 Å². The maximum atomic E-state index is 12.3. The molecule has 1 atom stereocenters. The van der Waals surface area contributed by atoms with E-state index in [-0.39, 0.29) is 5.91 Å². The molecule has 0 spiro atoms. The summed E-state index contributed by atoms with van der Waals surface area (Å²) in [6.07, 6.45) is 23.0. The van der Waals surface area contributed by atoms with Crippen molar-refractivity contribution in [2.45, 2.75) is 122 Å². The van der Waals surface area contributed by atoms with Gasteiger partial charge in [-0.2, -0.15) is 0 Å². The van der Waals surface area contributed by atoms with Crippen LogP contribution in [0.5, 0.6) is 0 Å². The maximum Gasteiger partial charge on any atom is 0.326 e. The minimum Gasteiger partial charge on any atom is -0.480 e. The van der Waals surface area contributed by atoms with E-state index in [9.17, 15) is 14.7 Å². The smallest absolute Gasteiger partial charge is 0.326 e. The second-order valence-electron chi connectivity index (χ2n) is 8.48. The quantitative estimate of drug-likeness (QED) is 0.173. The highest BCUT2D eigenvalue weighted by molar-refractivity contribution is 5.83. The minimum absolute atomic E-state index is 0.0587. The van der Waals surface area contributed by atoms with E-state index < -0.39 is 12.0 Å². The van der Waals surface area contributed by atoms with Crippen LogP contribution in [-0.2, 0) is 9.59 Å².